The quantitative estimate of drug-likeness (QED) is 0.876. The van der Waals surface area contributed by atoms with Crippen LogP contribution in [0.1, 0.15) is 39.2 Å². The second kappa shape index (κ2) is 8.69. The molecule has 0 atom stereocenters. The van der Waals surface area contributed by atoms with Crippen molar-refractivity contribution in [3.05, 3.63) is 30.1 Å². The molecular weight excluding hydrogens is 320 g/mol. The number of amides is 3. The van der Waals surface area contributed by atoms with Crippen LogP contribution in [0.5, 0.6) is 0 Å². The summed E-state index contributed by atoms with van der Waals surface area (Å²) in [5.41, 5.74) is 0.540. The molecule has 3 amide bonds. The van der Waals surface area contributed by atoms with Gasteiger partial charge in [0, 0.05) is 38.6 Å². The van der Waals surface area contributed by atoms with Gasteiger partial charge in [0.15, 0.2) is 0 Å². The summed E-state index contributed by atoms with van der Waals surface area (Å²) in [7, 11) is 0. The van der Waals surface area contributed by atoms with E-state index < -0.39 is 5.60 Å². The van der Waals surface area contributed by atoms with E-state index in [-0.39, 0.29) is 12.1 Å². The molecule has 0 unspecified atom stereocenters. The summed E-state index contributed by atoms with van der Waals surface area (Å²) in [6, 6.07) is 3.56. The monoisotopic (exact) mass is 348 g/mol. The highest BCUT2D eigenvalue weighted by atomic mass is 16.6. The Morgan fingerprint density at radius 2 is 1.84 bits per heavy atom. The van der Waals surface area contributed by atoms with Gasteiger partial charge in [-0.15, -0.1) is 0 Å². The number of carbonyl (C=O) groups excluding carboxylic acids is 2. The summed E-state index contributed by atoms with van der Waals surface area (Å²) in [6.45, 7) is 8.03. The van der Waals surface area contributed by atoms with E-state index in [9.17, 15) is 9.59 Å². The number of pyridine rings is 1. The molecule has 7 nitrogen and oxygen atoms in total. The number of piperidine rings is 1. The van der Waals surface area contributed by atoms with Crippen LogP contribution in [0.25, 0.3) is 0 Å². The van der Waals surface area contributed by atoms with Gasteiger partial charge in [-0.1, -0.05) is 0 Å². The zero-order valence-corrected chi connectivity index (χ0v) is 15.2. The van der Waals surface area contributed by atoms with E-state index >= 15 is 0 Å². The minimum atomic E-state index is -0.470. The van der Waals surface area contributed by atoms with Gasteiger partial charge in [0.25, 0.3) is 0 Å². The maximum atomic E-state index is 12.0. The Balaban J connectivity index is 1.63. The summed E-state index contributed by atoms with van der Waals surface area (Å²) in [5.74, 6) is 0.380. The molecule has 2 N–H and O–H groups in total. The molecule has 1 aromatic rings. The number of aromatic nitrogens is 1. The molecule has 2 rings (SSSR count). The Morgan fingerprint density at radius 1 is 1.20 bits per heavy atom. The molecule has 0 spiro atoms. The van der Waals surface area contributed by atoms with Crippen LogP contribution in [0.4, 0.5) is 9.59 Å². The van der Waals surface area contributed by atoms with Crippen molar-refractivity contribution in [2.24, 2.45) is 5.92 Å². The summed E-state index contributed by atoms with van der Waals surface area (Å²) >= 11 is 0. The number of urea groups is 1. The minimum absolute atomic E-state index is 0.175. The van der Waals surface area contributed by atoms with Crippen molar-refractivity contribution in [2.45, 2.75) is 45.8 Å². The molecule has 1 fully saturated rings. The van der Waals surface area contributed by atoms with Crippen LogP contribution >= 0.6 is 0 Å². The molecule has 1 aliphatic rings. The van der Waals surface area contributed by atoms with E-state index in [0.29, 0.717) is 32.1 Å². The maximum Gasteiger partial charge on any atom is 0.410 e. The third kappa shape index (κ3) is 6.99. The molecule has 0 bridgehead atoms. The Kier molecular flexibility index (Phi) is 6.61. The molecule has 7 heteroatoms. The molecule has 0 radical (unpaired) electrons. The third-order valence-corrected chi connectivity index (χ3v) is 4.02. The Morgan fingerprint density at radius 3 is 2.44 bits per heavy atom. The van der Waals surface area contributed by atoms with Crippen molar-refractivity contribution < 1.29 is 14.3 Å². The van der Waals surface area contributed by atoms with Gasteiger partial charge in [0.1, 0.15) is 5.60 Å². The van der Waals surface area contributed by atoms with Crippen LogP contribution < -0.4 is 10.6 Å². The number of rotatable bonds is 4. The maximum absolute atomic E-state index is 12.0. The summed E-state index contributed by atoms with van der Waals surface area (Å²) in [6.07, 6.45) is 4.88. The number of likely N-dealkylation sites (tertiary alicyclic amines) is 1. The van der Waals surface area contributed by atoms with E-state index in [1.54, 1.807) is 17.3 Å². The normalized spacial score (nSPS) is 15.6. The SMILES string of the molecule is CC(C)(C)OC(=O)N1CCC(CNC(=O)NCc2ccncc2)CC1. The predicted octanol–water partition coefficient (Wildman–Crippen LogP) is 2.53. The number of hydrogen-bond acceptors (Lipinski definition) is 4. The fourth-order valence-corrected chi connectivity index (χ4v) is 2.63. The van der Waals surface area contributed by atoms with Crippen molar-refractivity contribution in [1.82, 2.24) is 20.5 Å². The molecule has 1 aromatic heterocycles. The smallest absolute Gasteiger partial charge is 0.410 e. The first kappa shape index (κ1) is 19.0. The van der Waals surface area contributed by atoms with E-state index in [2.05, 4.69) is 15.6 Å². The zero-order chi connectivity index (χ0) is 18.3. The van der Waals surface area contributed by atoms with Crippen LogP contribution in [0.3, 0.4) is 0 Å². The van der Waals surface area contributed by atoms with Gasteiger partial charge < -0.3 is 20.3 Å². The Hall–Kier alpha value is -2.31. The zero-order valence-electron chi connectivity index (χ0n) is 15.2. The molecule has 1 aliphatic heterocycles. The molecule has 0 saturated carbocycles. The van der Waals surface area contributed by atoms with Crippen molar-refractivity contribution in [3.8, 4) is 0 Å². The second-order valence-corrected chi connectivity index (χ2v) is 7.33. The summed E-state index contributed by atoms with van der Waals surface area (Å²) in [4.78, 5) is 29.6. The molecule has 25 heavy (non-hydrogen) atoms. The van der Waals surface area contributed by atoms with Gasteiger partial charge in [-0.3, -0.25) is 4.98 Å². The van der Waals surface area contributed by atoms with Crippen LogP contribution in [-0.2, 0) is 11.3 Å². The van der Waals surface area contributed by atoms with Gasteiger partial charge in [-0.05, 0) is 57.2 Å². The van der Waals surface area contributed by atoms with Crippen molar-refractivity contribution >= 4 is 12.1 Å². The van der Waals surface area contributed by atoms with Crippen molar-refractivity contribution in [1.29, 1.82) is 0 Å². The first-order chi connectivity index (χ1) is 11.8. The lowest BCUT2D eigenvalue weighted by atomic mass is 9.97. The van der Waals surface area contributed by atoms with Crippen molar-refractivity contribution in [3.63, 3.8) is 0 Å². The molecule has 2 heterocycles. The number of nitrogens with one attached hydrogen (secondary N) is 2. The first-order valence-electron chi connectivity index (χ1n) is 8.72. The third-order valence-electron chi connectivity index (χ3n) is 4.02. The van der Waals surface area contributed by atoms with Gasteiger partial charge in [-0.2, -0.15) is 0 Å². The highest BCUT2D eigenvalue weighted by Crippen LogP contribution is 2.19. The van der Waals surface area contributed by atoms with Crippen LogP contribution in [0.15, 0.2) is 24.5 Å². The van der Waals surface area contributed by atoms with Crippen LogP contribution in [-0.4, -0.2) is 47.2 Å². The van der Waals surface area contributed by atoms with E-state index in [1.165, 1.54) is 0 Å². The molecular formula is C18H28N4O3. The fraction of sp³-hybridized carbons (Fsp3) is 0.611. The first-order valence-corrected chi connectivity index (χ1v) is 8.72. The Bertz CT molecular complexity index is 563. The predicted molar refractivity (Wildman–Crippen MR) is 95.0 cm³/mol. The highest BCUT2D eigenvalue weighted by Gasteiger charge is 2.26. The second-order valence-electron chi connectivity index (χ2n) is 7.33. The lowest BCUT2D eigenvalue weighted by Gasteiger charge is -2.33. The topological polar surface area (TPSA) is 83.6 Å². The van der Waals surface area contributed by atoms with Gasteiger partial charge in [0.05, 0.1) is 0 Å². The highest BCUT2D eigenvalue weighted by molar-refractivity contribution is 5.73. The molecule has 1 saturated heterocycles. The molecule has 0 aromatic carbocycles. The van der Waals surface area contributed by atoms with Gasteiger partial charge >= 0.3 is 12.1 Å². The molecule has 138 valence electrons. The van der Waals surface area contributed by atoms with Crippen molar-refractivity contribution in [2.75, 3.05) is 19.6 Å². The average Bonchev–Trinajstić information content (AvgIpc) is 2.58. The lowest BCUT2D eigenvalue weighted by molar-refractivity contribution is 0.0184. The lowest BCUT2D eigenvalue weighted by Crippen LogP contribution is -2.44. The minimum Gasteiger partial charge on any atom is -0.444 e. The number of hydrogen-bond donors (Lipinski definition) is 2. The summed E-state index contributed by atoms with van der Waals surface area (Å²) in [5, 5.41) is 5.73. The Labute approximate surface area is 149 Å². The molecule has 0 aliphatic carbocycles. The van der Waals surface area contributed by atoms with Crippen LogP contribution in [0.2, 0.25) is 0 Å². The van der Waals surface area contributed by atoms with E-state index in [0.717, 1.165) is 18.4 Å². The van der Waals surface area contributed by atoms with Crippen LogP contribution in [0, 0.1) is 5.92 Å². The number of ether oxygens (including phenoxy) is 1. The summed E-state index contributed by atoms with van der Waals surface area (Å²) < 4.78 is 5.39. The van der Waals surface area contributed by atoms with Gasteiger partial charge in [-0.25, -0.2) is 9.59 Å². The van der Waals surface area contributed by atoms with Gasteiger partial charge in [0.2, 0.25) is 0 Å². The average molecular weight is 348 g/mol. The van der Waals surface area contributed by atoms with E-state index in [4.69, 9.17) is 4.74 Å². The standard InChI is InChI=1S/C18H28N4O3/c1-18(2,3)25-17(24)22-10-6-15(7-11-22)13-21-16(23)20-12-14-4-8-19-9-5-14/h4-5,8-9,15H,6-7,10-13H2,1-3H3,(H2,20,21,23). The van der Waals surface area contributed by atoms with E-state index in [1.807, 2.05) is 32.9 Å². The largest absolute Gasteiger partial charge is 0.444 e. The number of carbonyl (C=O) groups is 2. The fourth-order valence-electron chi connectivity index (χ4n) is 2.63. The number of nitrogens with zero attached hydrogens (tertiary/aromatic N) is 2.